The van der Waals surface area contributed by atoms with Crippen molar-refractivity contribution in [2.45, 2.75) is 99.4 Å². The Hall–Kier alpha value is -2.83. The summed E-state index contributed by atoms with van der Waals surface area (Å²) in [7, 11) is 0. The molecule has 3 rings (SSSR count). The zero-order valence-electron chi connectivity index (χ0n) is 23.7. The van der Waals surface area contributed by atoms with Gasteiger partial charge in [0.25, 0.3) is 6.73 Å². The molecule has 3 heterocycles. The van der Waals surface area contributed by atoms with Crippen molar-refractivity contribution in [2.75, 3.05) is 0 Å². The van der Waals surface area contributed by atoms with E-state index < -0.39 is 12.2 Å². The van der Waals surface area contributed by atoms with E-state index in [0.717, 1.165) is 47.5 Å². The molecule has 1 aliphatic heterocycles. The zero-order valence-corrected chi connectivity index (χ0v) is 25.9. The minimum atomic E-state index is -0.512. The normalized spacial score (nSPS) is 12.2. The fraction of sp³-hybridized carbons (Fsp3) is 0.571. The van der Waals surface area contributed by atoms with Gasteiger partial charge in [0.15, 0.2) is 12.4 Å². The highest BCUT2D eigenvalue weighted by Gasteiger charge is 2.29. The first-order chi connectivity index (χ1) is 18.0. The average Bonchev–Trinajstić information content (AvgIpc) is 3.39. The van der Waals surface area contributed by atoms with E-state index in [9.17, 15) is 14.4 Å². The van der Waals surface area contributed by atoms with Gasteiger partial charge in [-0.1, -0.05) is 13.8 Å². The summed E-state index contributed by atoms with van der Waals surface area (Å²) >= 11 is 0. The molecule has 0 atom stereocenters. The molecule has 0 unspecified atom stereocenters. The Bertz CT molecular complexity index is 1150. The number of carbonyl (C=O) groups is 3. The summed E-state index contributed by atoms with van der Waals surface area (Å²) in [6, 6.07) is 3.76. The Kier molecular flexibility index (Phi) is 12.5. The number of aromatic nitrogens is 2. The predicted octanol–water partition coefficient (Wildman–Crippen LogP) is 1.21. The van der Waals surface area contributed by atoms with Gasteiger partial charge in [0.05, 0.1) is 11.3 Å². The minimum Gasteiger partial charge on any atom is -1.00 e. The number of hydrogen-bond donors (Lipinski definition) is 2. The second-order valence-corrected chi connectivity index (χ2v) is 10.6. The lowest BCUT2D eigenvalue weighted by Crippen LogP contribution is -3.00. The number of amides is 2. The molecule has 0 fully saturated rings. The third-order valence-corrected chi connectivity index (χ3v) is 5.98. The van der Waals surface area contributed by atoms with Crippen LogP contribution in [0.1, 0.15) is 71.2 Å². The van der Waals surface area contributed by atoms with Crippen molar-refractivity contribution in [1.82, 2.24) is 15.2 Å². The Labute approximate surface area is 247 Å². The summed E-state index contributed by atoms with van der Waals surface area (Å²) in [6.45, 7) is 12.4. The maximum Gasteiger partial charge on any atom is 0.407 e. The van der Waals surface area contributed by atoms with Crippen LogP contribution in [0, 0.1) is 5.92 Å². The number of ether oxygens (including phenoxy) is 3. The predicted molar refractivity (Wildman–Crippen MR) is 141 cm³/mol. The van der Waals surface area contributed by atoms with Crippen LogP contribution in [0.4, 0.5) is 9.59 Å². The van der Waals surface area contributed by atoms with E-state index in [-0.39, 0.29) is 67.9 Å². The van der Waals surface area contributed by atoms with Crippen molar-refractivity contribution in [2.24, 2.45) is 5.92 Å². The van der Waals surface area contributed by atoms with E-state index in [1.54, 1.807) is 0 Å². The fourth-order valence-electron chi connectivity index (χ4n) is 4.48. The molecule has 10 nitrogen and oxygen atoms in total. The zero-order chi connectivity index (χ0) is 27.8. The number of halogens is 1. The molecule has 2 aromatic heterocycles. The molecule has 0 spiro atoms. The number of fused-ring (bicyclic) bond motifs is 1. The van der Waals surface area contributed by atoms with E-state index in [0.29, 0.717) is 6.42 Å². The molecule has 0 saturated heterocycles. The van der Waals surface area contributed by atoms with Crippen LogP contribution < -0.4 is 39.2 Å². The van der Waals surface area contributed by atoms with Crippen molar-refractivity contribution in [1.29, 1.82) is 0 Å². The first kappa shape index (κ1) is 32.4. The Morgan fingerprint density at radius 3 is 2.15 bits per heavy atom. The summed E-state index contributed by atoms with van der Waals surface area (Å²) < 4.78 is 20.6. The van der Waals surface area contributed by atoms with Crippen LogP contribution in [0.15, 0.2) is 24.5 Å². The summed E-state index contributed by atoms with van der Waals surface area (Å²) in [5.41, 5.74) is 4.51. The standard InChI is InChI=1S/C28H40N4O6.HI/c1-18(2)13-25(33)38-17-31-11-7-9-21(14-31)26-23(16-37-28(35)30-20(5)6)22(24-10-8-12-32(24)26)15-36-27(34)29-19(3)4;/h7,9,11,14,18-20H,8,10,12-13,15-17H2,1-6H3,(H-,29,30,34,35);1H. The molecular formula is C28H41IN4O6. The smallest absolute Gasteiger partial charge is 0.407 e. The number of nitrogens with zero attached hydrogens (tertiary/aromatic N) is 2. The molecule has 1 aliphatic rings. The van der Waals surface area contributed by atoms with E-state index in [2.05, 4.69) is 15.2 Å². The molecule has 0 saturated carbocycles. The first-order valence-corrected chi connectivity index (χ1v) is 13.3. The van der Waals surface area contributed by atoms with Gasteiger partial charge in [-0.3, -0.25) is 4.79 Å². The lowest BCUT2D eigenvalue weighted by molar-refractivity contribution is -0.727. The van der Waals surface area contributed by atoms with Crippen LogP contribution in [0.2, 0.25) is 0 Å². The number of pyridine rings is 1. The summed E-state index contributed by atoms with van der Waals surface area (Å²) in [5, 5.41) is 5.49. The van der Waals surface area contributed by atoms with Crippen molar-refractivity contribution in [3.05, 3.63) is 41.3 Å². The van der Waals surface area contributed by atoms with Crippen molar-refractivity contribution in [3.8, 4) is 11.3 Å². The van der Waals surface area contributed by atoms with Gasteiger partial charge in [-0.05, 0) is 52.5 Å². The average molecular weight is 657 g/mol. The number of esters is 1. The third-order valence-electron chi connectivity index (χ3n) is 5.98. The van der Waals surface area contributed by atoms with Crippen LogP contribution in [0.3, 0.4) is 0 Å². The van der Waals surface area contributed by atoms with Crippen LogP contribution in [0.5, 0.6) is 0 Å². The van der Waals surface area contributed by atoms with Crippen LogP contribution in [-0.4, -0.2) is 34.8 Å². The van der Waals surface area contributed by atoms with E-state index in [4.69, 9.17) is 14.2 Å². The maximum absolute atomic E-state index is 12.3. The lowest BCUT2D eigenvalue weighted by atomic mass is 10.0. The van der Waals surface area contributed by atoms with E-state index in [1.165, 1.54) is 0 Å². The second kappa shape index (κ2) is 15.1. The van der Waals surface area contributed by atoms with Gasteiger partial charge in [-0.2, -0.15) is 4.57 Å². The Balaban J connectivity index is 0.00000533. The number of carbonyl (C=O) groups excluding carboxylic acids is 3. The summed E-state index contributed by atoms with van der Waals surface area (Å²) in [6.07, 6.45) is 4.90. The van der Waals surface area contributed by atoms with Crippen LogP contribution >= 0.6 is 0 Å². The topological polar surface area (TPSA) is 112 Å². The highest BCUT2D eigenvalue weighted by molar-refractivity contribution is 5.71. The van der Waals surface area contributed by atoms with E-state index >= 15 is 0 Å². The van der Waals surface area contributed by atoms with Gasteiger partial charge in [-0.15, -0.1) is 0 Å². The molecule has 0 aliphatic carbocycles. The molecule has 0 radical (unpaired) electrons. The van der Waals surface area contributed by atoms with Gasteiger partial charge < -0.3 is 53.4 Å². The van der Waals surface area contributed by atoms with Gasteiger partial charge in [0.1, 0.15) is 13.2 Å². The molecule has 216 valence electrons. The second-order valence-electron chi connectivity index (χ2n) is 10.6. The van der Waals surface area contributed by atoms with Gasteiger partial charge in [-0.25, -0.2) is 9.59 Å². The third kappa shape index (κ3) is 9.40. The molecule has 2 N–H and O–H groups in total. The van der Waals surface area contributed by atoms with Crippen molar-refractivity contribution in [3.63, 3.8) is 0 Å². The highest BCUT2D eigenvalue weighted by atomic mass is 127. The quantitative estimate of drug-likeness (QED) is 0.163. The van der Waals surface area contributed by atoms with Gasteiger partial charge in [0.2, 0.25) is 0 Å². The highest BCUT2D eigenvalue weighted by Crippen LogP contribution is 2.36. The number of hydrogen-bond acceptors (Lipinski definition) is 6. The van der Waals surface area contributed by atoms with Gasteiger partial charge in [0, 0.05) is 47.9 Å². The molecule has 2 amide bonds. The monoisotopic (exact) mass is 656 g/mol. The first-order valence-electron chi connectivity index (χ1n) is 13.3. The Morgan fingerprint density at radius 2 is 1.56 bits per heavy atom. The van der Waals surface area contributed by atoms with Gasteiger partial charge >= 0.3 is 18.2 Å². The number of rotatable bonds is 11. The molecule has 2 aromatic rings. The van der Waals surface area contributed by atoms with E-state index in [1.807, 2.05) is 70.6 Å². The molecule has 11 heteroatoms. The fourth-order valence-corrected chi connectivity index (χ4v) is 4.48. The maximum atomic E-state index is 12.3. The summed E-state index contributed by atoms with van der Waals surface area (Å²) in [4.78, 5) is 36.7. The van der Waals surface area contributed by atoms with Crippen molar-refractivity contribution < 1.29 is 57.1 Å². The van der Waals surface area contributed by atoms with Crippen molar-refractivity contribution >= 4 is 18.2 Å². The molecular weight excluding hydrogens is 615 g/mol. The SMILES string of the molecule is CC(C)CC(=O)OC[n+]1cccc(-c2c(COC(=O)NC(C)C)c(COC(=O)NC(C)C)c3n2CCC3)c1.[I-]. The Morgan fingerprint density at radius 1 is 0.949 bits per heavy atom. The molecule has 39 heavy (non-hydrogen) atoms. The summed E-state index contributed by atoms with van der Waals surface area (Å²) in [5.74, 6) is -0.0216. The molecule has 0 bridgehead atoms. The van der Waals surface area contributed by atoms with Crippen LogP contribution in [-0.2, 0) is 51.9 Å². The van der Waals surface area contributed by atoms with Crippen LogP contribution in [0.25, 0.3) is 11.3 Å². The largest absolute Gasteiger partial charge is 1.00 e. The minimum absolute atomic E-state index is 0. The molecule has 0 aromatic carbocycles. The lowest BCUT2D eigenvalue weighted by Gasteiger charge is -2.14. The number of nitrogens with one attached hydrogen (secondary N) is 2. The number of alkyl carbamates (subject to hydrolysis) is 2.